The van der Waals surface area contributed by atoms with Gasteiger partial charge in [-0.25, -0.2) is 0 Å². The van der Waals surface area contributed by atoms with Crippen molar-refractivity contribution in [2.24, 2.45) is 0 Å². The van der Waals surface area contributed by atoms with Gasteiger partial charge < -0.3 is 14.7 Å². The number of ketones is 1. The highest BCUT2D eigenvalue weighted by atomic mass is 16.5. The molecule has 1 saturated heterocycles. The summed E-state index contributed by atoms with van der Waals surface area (Å²) >= 11 is 0. The maximum absolute atomic E-state index is 13.2. The predicted molar refractivity (Wildman–Crippen MR) is 99.9 cm³/mol. The molecular formula is C20H26N2O5. The maximum atomic E-state index is 13.2. The van der Waals surface area contributed by atoms with E-state index in [0.717, 1.165) is 19.3 Å². The van der Waals surface area contributed by atoms with Crippen LogP contribution in [0.1, 0.15) is 49.9 Å². The van der Waals surface area contributed by atoms with Gasteiger partial charge in [-0.3, -0.25) is 19.3 Å². The molecule has 1 aromatic carbocycles. The molecule has 2 aliphatic rings. The van der Waals surface area contributed by atoms with Gasteiger partial charge in [-0.15, -0.1) is 0 Å². The minimum atomic E-state index is -0.707. The van der Waals surface area contributed by atoms with Gasteiger partial charge in [0.15, 0.2) is 12.4 Å². The van der Waals surface area contributed by atoms with Gasteiger partial charge in [-0.05, 0) is 57.7 Å². The minimum Gasteiger partial charge on any atom is -0.482 e. The number of benzene rings is 1. The van der Waals surface area contributed by atoms with E-state index in [-0.39, 0.29) is 36.9 Å². The molecule has 1 aromatic rings. The zero-order chi connectivity index (χ0) is 19.6. The molecular weight excluding hydrogens is 348 g/mol. The SMILES string of the molecule is CC(=O)c1ccc2c(c1)N(C(C)C(=O)N1CCCCC1CCO)C(=O)CO2. The molecule has 27 heavy (non-hydrogen) atoms. The fraction of sp³-hybridized carbons (Fsp3) is 0.550. The second-order valence-electron chi connectivity index (χ2n) is 7.16. The van der Waals surface area contributed by atoms with Crippen LogP contribution in [0.25, 0.3) is 0 Å². The standard InChI is InChI=1S/C20H26N2O5/c1-13(20(26)21-9-4-3-5-16(21)8-10-23)22-17-11-15(14(2)24)6-7-18(17)27-12-19(22)25/h6-7,11,13,16,23H,3-5,8-10,12H2,1-2H3. The number of piperidine rings is 1. The number of fused-ring (bicyclic) bond motifs is 1. The molecule has 146 valence electrons. The first-order valence-electron chi connectivity index (χ1n) is 9.45. The Balaban J connectivity index is 1.90. The number of hydrogen-bond acceptors (Lipinski definition) is 5. The highest BCUT2D eigenvalue weighted by Gasteiger charge is 2.37. The summed E-state index contributed by atoms with van der Waals surface area (Å²) in [4.78, 5) is 40.8. The lowest BCUT2D eigenvalue weighted by molar-refractivity contribution is -0.138. The molecule has 7 nitrogen and oxygen atoms in total. The van der Waals surface area contributed by atoms with Crippen LogP contribution in [0.4, 0.5) is 5.69 Å². The van der Waals surface area contributed by atoms with Crippen LogP contribution in [0.3, 0.4) is 0 Å². The summed E-state index contributed by atoms with van der Waals surface area (Å²) in [6.45, 7) is 3.70. The quantitative estimate of drug-likeness (QED) is 0.794. The maximum Gasteiger partial charge on any atom is 0.265 e. The molecule has 0 aliphatic carbocycles. The number of carbonyl (C=O) groups excluding carboxylic acids is 3. The molecule has 0 spiro atoms. The molecule has 3 rings (SSSR count). The third-order valence-corrected chi connectivity index (χ3v) is 5.36. The predicted octanol–water partition coefficient (Wildman–Crippen LogP) is 1.77. The van der Waals surface area contributed by atoms with Gasteiger partial charge in [0.2, 0.25) is 5.91 Å². The first kappa shape index (κ1) is 19.4. The minimum absolute atomic E-state index is 0.00198. The van der Waals surface area contributed by atoms with Crippen LogP contribution >= 0.6 is 0 Å². The van der Waals surface area contributed by atoms with Crippen LogP contribution in [-0.4, -0.2) is 59.4 Å². The molecule has 1 fully saturated rings. The Labute approximate surface area is 158 Å². The molecule has 2 heterocycles. The van der Waals surface area contributed by atoms with Crippen LogP contribution in [0.5, 0.6) is 5.75 Å². The number of carbonyl (C=O) groups is 3. The Bertz CT molecular complexity index is 746. The smallest absolute Gasteiger partial charge is 0.265 e. The second-order valence-corrected chi connectivity index (χ2v) is 7.16. The third-order valence-electron chi connectivity index (χ3n) is 5.36. The molecule has 2 unspecified atom stereocenters. The van der Waals surface area contributed by atoms with Crippen molar-refractivity contribution in [2.45, 2.75) is 51.6 Å². The van der Waals surface area contributed by atoms with Gasteiger partial charge in [0.1, 0.15) is 11.8 Å². The lowest BCUT2D eigenvalue weighted by Crippen LogP contribution is -2.55. The molecule has 0 aromatic heterocycles. The van der Waals surface area contributed by atoms with Gasteiger partial charge in [0.05, 0.1) is 5.69 Å². The lowest BCUT2D eigenvalue weighted by Gasteiger charge is -2.40. The summed E-state index contributed by atoms with van der Waals surface area (Å²) in [5.41, 5.74) is 0.920. The van der Waals surface area contributed by atoms with Crippen LogP contribution in [0, 0.1) is 0 Å². The van der Waals surface area contributed by atoms with E-state index >= 15 is 0 Å². The fourth-order valence-electron chi connectivity index (χ4n) is 3.90. The summed E-state index contributed by atoms with van der Waals surface area (Å²) < 4.78 is 5.48. The highest BCUT2D eigenvalue weighted by molar-refractivity contribution is 6.05. The summed E-state index contributed by atoms with van der Waals surface area (Å²) in [5.74, 6) is -0.0686. The van der Waals surface area contributed by atoms with Crippen molar-refractivity contribution in [3.63, 3.8) is 0 Å². The number of Topliss-reactive ketones (excluding diaryl/α,β-unsaturated/α-hetero) is 1. The van der Waals surface area contributed by atoms with E-state index in [9.17, 15) is 19.5 Å². The average Bonchev–Trinajstić information content (AvgIpc) is 2.67. The fourth-order valence-corrected chi connectivity index (χ4v) is 3.90. The lowest BCUT2D eigenvalue weighted by atomic mass is 9.98. The number of aliphatic hydroxyl groups is 1. The Kier molecular flexibility index (Phi) is 5.79. The van der Waals surface area contributed by atoms with Crippen molar-refractivity contribution >= 4 is 23.3 Å². The van der Waals surface area contributed by atoms with E-state index in [1.807, 2.05) is 0 Å². The zero-order valence-corrected chi connectivity index (χ0v) is 15.8. The summed E-state index contributed by atoms with van der Waals surface area (Å²) in [6, 6.07) is 4.22. The molecule has 7 heteroatoms. The van der Waals surface area contributed by atoms with Crippen LogP contribution in [0.2, 0.25) is 0 Å². The van der Waals surface area contributed by atoms with Crippen molar-refractivity contribution in [3.05, 3.63) is 23.8 Å². The third kappa shape index (κ3) is 3.83. The van der Waals surface area contributed by atoms with E-state index in [1.54, 1.807) is 30.0 Å². The molecule has 0 radical (unpaired) electrons. The van der Waals surface area contributed by atoms with E-state index < -0.39 is 6.04 Å². The number of rotatable bonds is 5. The van der Waals surface area contributed by atoms with E-state index in [0.29, 0.717) is 30.0 Å². The number of anilines is 1. The van der Waals surface area contributed by atoms with Crippen molar-refractivity contribution < 1.29 is 24.2 Å². The van der Waals surface area contributed by atoms with Gasteiger partial charge in [-0.2, -0.15) is 0 Å². The number of likely N-dealkylation sites (tertiary alicyclic amines) is 1. The Hall–Kier alpha value is -2.41. The first-order valence-corrected chi connectivity index (χ1v) is 9.45. The van der Waals surface area contributed by atoms with Crippen LogP contribution < -0.4 is 9.64 Å². The highest BCUT2D eigenvalue weighted by Crippen LogP contribution is 2.35. The van der Waals surface area contributed by atoms with Gasteiger partial charge in [0.25, 0.3) is 5.91 Å². The topological polar surface area (TPSA) is 87.2 Å². The zero-order valence-electron chi connectivity index (χ0n) is 15.8. The Morgan fingerprint density at radius 3 is 2.81 bits per heavy atom. The Morgan fingerprint density at radius 1 is 1.33 bits per heavy atom. The van der Waals surface area contributed by atoms with E-state index in [1.165, 1.54) is 11.8 Å². The van der Waals surface area contributed by atoms with E-state index in [4.69, 9.17) is 4.74 Å². The monoisotopic (exact) mass is 374 g/mol. The summed E-state index contributed by atoms with van der Waals surface area (Å²) in [6.07, 6.45) is 3.36. The Morgan fingerprint density at radius 2 is 2.11 bits per heavy atom. The largest absolute Gasteiger partial charge is 0.482 e. The van der Waals surface area contributed by atoms with Crippen molar-refractivity contribution in [3.8, 4) is 5.75 Å². The van der Waals surface area contributed by atoms with Gasteiger partial charge in [-0.1, -0.05) is 0 Å². The summed E-state index contributed by atoms with van der Waals surface area (Å²) in [7, 11) is 0. The van der Waals surface area contributed by atoms with Crippen molar-refractivity contribution in [1.82, 2.24) is 4.90 Å². The second kappa shape index (κ2) is 8.08. The molecule has 2 aliphatic heterocycles. The molecule has 1 N–H and O–H groups in total. The molecule has 2 atom stereocenters. The van der Waals surface area contributed by atoms with Crippen molar-refractivity contribution in [1.29, 1.82) is 0 Å². The van der Waals surface area contributed by atoms with Gasteiger partial charge in [0, 0.05) is 24.8 Å². The summed E-state index contributed by atoms with van der Waals surface area (Å²) in [5, 5.41) is 9.31. The normalized spacial score (nSPS) is 20.7. The number of amides is 2. The van der Waals surface area contributed by atoms with Crippen LogP contribution in [-0.2, 0) is 9.59 Å². The number of hydrogen-bond donors (Lipinski definition) is 1. The van der Waals surface area contributed by atoms with Gasteiger partial charge >= 0.3 is 0 Å². The molecule has 0 saturated carbocycles. The number of aliphatic hydroxyl groups excluding tert-OH is 1. The van der Waals surface area contributed by atoms with Crippen molar-refractivity contribution in [2.75, 3.05) is 24.7 Å². The first-order chi connectivity index (χ1) is 12.9. The number of ether oxygens (including phenoxy) is 1. The van der Waals surface area contributed by atoms with Crippen LogP contribution in [0.15, 0.2) is 18.2 Å². The van der Waals surface area contributed by atoms with E-state index in [2.05, 4.69) is 0 Å². The average molecular weight is 374 g/mol. The number of nitrogens with zero attached hydrogens (tertiary/aromatic N) is 2. The molecule has 2 amide bonds. The molecule has 0 bridgehead atoms.